The number of benzene rings is 1. The predicted molar refractivity (Wildman–Crippen MR) is 81.9 cm³/mol. The Labute approximate surface area is 126 Å². The second-order valence-electron chi connectivity index (χ2n) is 5.81. The molecule has 0 radical (unpaired) electrons. The predicted octanol–water partition coefficient (Wildman–Crippen LogP) is 2.23. The van der Waals surface area contributed by atoms with Crippen molar-refractivity contribution in [2.75, 3.05) is 20.3 Å². The van der Waals surface area contributed by atoms with Crippen LogP contribution < -0.4 is 4.72 Å². The van der Waals surface area contributed by atoms with Crippen LogP contribution in [0.1, 0.15) is 37.6 Å². The number of Topliss-reactive ketones (excluding diaryl/α,β-unsaturated/α-hetero) is 1. The Balaban J connectivity index is 2.75. The first-order valence-electron chi connectivity index (χ1n) is 6.77. The highest BCUT2D eigenvalue weighted by Crippen LogP contribution is 2.20. The van der Waals surface area contributed by atoms with Crippen LogP contribution in [-0.2, 0) is 14.8 Å². The second kappa shape index (κ2) is 7.15. The van der Waals surface area contributed by atoms with E-state index in [4.69, 9.17) is 4.74 Å². The van der Waals surface area contributed by atoms with Crippen molar-refractivity contribution in [1.29, 1.82) is 0 Å². The average Bonchev–Trinajstić information content (AvgIpc) is 2.43. The van der Waals surface area contributed by atoms with Gasteiger partial charge < -0.3 is 4.74 Å². The average molecular weight is 313 g/mol. The highest BCUT2D eigenvalue weighted by molar-refractivity contribution is 7.89. The summed E-state index contributed by atoms with van der Waals surface area (Å²) in [5.74, 6) is -0.0902. The van der Waals surface area contributed by atoms with Crippen LogP contribution in [0.25, 0.3) is 0 Å². The summed E-state index contributed by atoms with van der Waals surface area (Å²) in [6.07, 6.45) is 0.759. The van der Waals surface area contributed by atoms with E-state index in [0.29, 0.717) is 18.7 Å². The Hall–Kier alpha value is -1.24. The zero-order valence-corrected chi connectivity index (χ0v) is 13.8. The summed E-state index contributed by atoms with van der Waals surface area (Å²) in [7, 11) is -1.94. The summed E-state index contributed by atoms with van der Waals surface area (Å²) in [5.41, 5.74) is 0.303. The Morgan fingerprint density at radius 3 is 2.29 bits per heavy atom. The van der Waals surface area contributed by atoms with E-state index in [1.54, 1.807) is 7.11 Å². The smallest absolute Gasteiger partial charge is 0.240 e. The van der Waals surface area contributed by atoms with E-state index in [1.807, 2.05) is 13.8 Å². The lowest BCUT2D eigenvalue weighted by Gasteiger charge is -2.24. The molecule has 1 N–H and O–H groups in total. The van der Waals surface area contributed by atoms with Crippen LogP contribution in [0, 0.1) is 5.41 Å². The zero-order chi connectivity index (χ0) is 16.1. The molecule has 0 aliphatic rings. The molecule has 0 spiro atoms. The number of carbonyl (C=O) groups excluding carboxylic acids is 1. The van der Waals surface area contributed by atoms with Gasteiger partial charge in [0.15, 0.2) is 5.78 Å². The Morgan fingerprint density at radius 1 is 1.24 bits per heavy atom. The van der Waals surface area contributed by atoms with Crippen LogP contribution in [0.15, 0.2) is 29.2 Å². The maximum atomic E-state index is 12.2. The van der Waals surface area contributed by atoms with Gasteiger partial charge in [-0.1, -0.05) is 26.0 Å². The Kier molecular flexibility index (Phi) is 6.07. The van der Waals surface area contributed by atoms with E-state index in [9.17, 15) is 13.2 Å². The number of methoxy groups -OCH3 is 1. The molecule has 0 atom stereocenters. The molecule has 0 saturated carbocycles. The number of rotatable bonds is 8. The maximum absolute atomic E-state index is 12.2. The van der Waals surface area contributed by atoms with E-state index in [2.05, 4.69) is 4.72 Å². The number of nitrogens with one attached hydrogen (secondary N) is 1. The number of ketones is 1. The number of hydrogen-bond donors (Lipinski definition) is 1. The Bertz CT molecular complexity index is 576. The molecular formula is C15H23NO4S. The van der Waals surface area contributed by atoms with Crippen molar-refractivity contribution in [3.8, 4) is 0 Å². The van der Waals surface area contributed by atoms with Gasteiger partial charge in [0.1, 0.15) is 0 Å². The normalized spacial score (nSPS) is 12.4. The van der Waals surface area contributed by atoms with Crippen LogP contribution >= 0.6 is 0 Å². The first-order chi connectivity index (χ1) is 9.68. The zero-order valence-electron chi connectivity index (χ0n) is 13.0. The van der Waals surface area contributed by atoms with Crippen molar-refractivity contribution < 1.29 is 17.9 Å². The van der Waals surface area contributed by atoms with Gasteiger partial charge in [0, 0.05) is 25.8 Å². The van der Waals surface area contributed by atoms with E-state index in [1.165, 1.54) is 31.2 Å². The van der Waals surface area contributed by atoms with Crippen LogP contribution in [-0.4, -0.2) is 34.5 Å². The topological polar surface area (TPSA) is 72.5 Å². The van der Waals surface area contributed by atoms with Gasteiger partial charge in [-0.3, -0.25) is 4.79 Å². The van der Waals surface area contributed by atoms with E-state index in [0.717, 1.165) is 6.42 Å². The third kappa shape index (κ3) is 5.57. The highest BCUT2D eigenvalue weighted by Gasteiger charge is 2.22. The largest absolute Gasteiger partial charge is 0.385 e. The quantitative estimate of drug-likeness (QED) is 0.747. The standard InChI is InChI=1S/C15H23NO4S/c1-12(17)13-5-7-14(8-6-13)21(18,19)16-11-15(2,3)9-10-20-4/h5-8,16H,9-11H2,1-4H3. The van der Waals surface area contributed by atoms with Crippen molar-refractivity contribution in [3.63, 3.8) is 0 Å². The molecule has 0 aliphatic carbocycles. The maximum Gasteiger partial charge on any atom is 0.240 e. The first kappa shape index (κ1) is 17.8. The molecule has 21 heavy (non-hydrogen) atoms. The molecule has 0 bridgehead atoms. The van der Waals surface area contributed by atoms with Crippen LogP contribution in [0.3, 0.4) is 0 Å². The summed E-state index contributed by atoms with van der Waals surface area (Å²) in [6.45, 7) is 6.32. The highest BCUT2D eigenvalue weighted by atomic mass is 32.2. The molecule has 0 saturated heterocycles. The van der Waals surface area contributed by atoms with E-state index < -0.39 is 10.0 Å². The Morgan fingerprint density at radius 2 is 1.81 bits per heavy atom. The van der Waals surface area contributed by atoms with Gasteiger partial charge in [-0.2, -0.15) is 0 Å². The molecule has 0 heterocycles. The molecule has 0 aliphatic heterocycles. The summed E-state index contributed by atoms with van der Waals surface area (Å²) in [5, 5.41) is 0. The van der Waals surface area contributed by atoms with Crippen molar-refractivity contribution in [1.82, 2.24) is 4.72 Å². The van der Waals surface area contributed by atoms with Gasteiger partial charge in [0.2, 0.25) is 10.0 Å². The fourth-order valence-corrected chi connectivity index (χ4v) is 2.95. The molecule has 0 aromatic heterocycles. The minimum absolute atomic E-state index is 0.0902. The van der Waals surface area contributed by atoms with E-state index >= 15 is 0 Å². The third-order valence-corrected chi connectivity index (χ3v) is 4.71. The van der Waals surface area contributed by atoms with Gasteiger partial charge in [0.25, 0.3) is 0 Å². The minimum atomic E-state index is -3.56. The molecule has 1 rings (SSSR count). The lowest BCUT2D eigenvalue weighted by molar-refractivity contribution is 0.101. The summed E-state index contributed by atoms with van der Waals surface area (Å²) >= 11 is 0. The van der Waals surface area contributed by atoms with Crippen LogP contribution in [0.5, 0.6) is 0 Å². The fourth-order valence-electron chi connectivity index (χ4n) is 1.71. The van der Waals surface area contributed by atoms with Gasteiger partial charge in [-0.05, 0) is 30.9 Å². The van der Waals surface area contributed by atoms with Crippen molar-refractivity contribution in [2.45, 2.75) is 32.1 Å². The number of carbonyl (C=O) groups is 1. The van der Waals surface area contributed by atoms with Crippen LogP contribution in [0.4, 0.5) is 0 Å². The number of sulfonamides is 1. The molecule has 5 nitrogen and oxygen atoms in total. The van der Waals surface area contributed by atoms with Gasteiger partial charge in [-0.25, -0.2) is 13.1 Å². The second-order valence-corrected chi connectivity index (χ2v) is 7.58. The van der Waals surface area contributed by atoms with Crippen molar-refractivity contribution in [2.24, 2.45) is 5.41 Å². The summed E-state index contributed by atoms with van der Waals surface area (Å²) < 4.78 is 32.0. The molecule has 0 amide bonds. The molecule has 118 valence electrons. The van der Waals surface area contributed by atoms with Crippen LogP contribution in [0.2, 0.25) is 0 Å². The van der Waals surface area contributed by atoms with Gasteiger partial charge in [0.05, 0.1) is 4.90 Å². The molecule has 0 fully saturated rings. The van der Waals surface area contributed by atoms with Gasteiger partial charge in [-0.15, -0.1) is 0 Å². The molecule has 6 heteroatoms. The lowest BCUT2D eigenvalue weighted by atomic mass is 9.90. The lowest BCUT2D eigenvalue weighted by Crippen LogP contribution is -2.34. The molecular weight excluding hydrogens is 290 g/mol. The number of ether oxygens (including phenoxy) is 1. The molecule has 0 unspecified atom stereocenters. The number of hydrogen-bond acceptors (Lipinski definition) is 4. The summed E-state index contributed by atoms with van der Waals surface area (Å²) in [6, 6.07) is 5.93. The fraction of sp³-hybridized carbons (Fsp3) is 0.533. The minimum Gasteiger partial charge on any atom is -0.385 e. The SMILES string of the molecule is COCCC(C)(C)CNS(=O)(=O)c1ccc(C(C)=O)cc1. The monoisotopic (exact) mass is 313 g/mol. The first-order valence-corrected chi connectivity index (χ1v) is 8.26. The van der Waals surface area contributed by atoms with Crippen molar-refractivity contribution in [3.05, 3.63) is 29.8 Å². The summed E-state index contributed by atoms with van der Waals surface area (Å²) in [4.78, 5) is 11.3. The molecule has 1 aromatic carbocycles. The van der Waals surface area contributed by atoms with Crippen molar-refractivity contribution >= 4 is 15.8 Å². The van der Waals surface area contributed by atoms with Gasteiger partial charge >= 0.3 is 0 Å². The third-order valence-electron chi connectivity index (χ3n) is 3.29. The van der Waals surface area contributed by atoms with E-state index in [-0.39, 0.29) is 16.1 Å². The molecule has 1 aromatic rings.